The molecule has 64 valence electrons. The highest BCUT2D eigenvalue weighted by Crippen LogP contribution is 2.15. The lowest BCUT2D eigenvalue weighted by Gasteiger charge is -2.12. The smallest absolute Gasteiger partial charge is 0.160 e. The molecular formula is C9H15FO. The first-order valence-corrected chi connectivity index (χ1v) is 3.71. The number of rotatable bonds is 2. The lowest BCUT2D eigenvalue weighted by molar-refractivity contribution is -0.121. The molecule has 0 heterocycles. The lowest BCUT2D eigenvalue weighted by Crippen LogP contribution is -2.17. The van der Waals surface area contributed by atoms with E-state index >= 15 is 0 Å². The average molecular weight is 158 g/mol. The summed E-state index contributed by atoms with van der Waals surface area (Å²) >= 11 is 0. The molecule has 0 bridgehead atoms. The Morgan fingerprint density at radius 2 is 1.91 bits per heavy atom. The maximum atomic E-state index is 12.2. The maximum absolute atomic E-state index is 12.2. The number of hydrogen-bond donors (Lipinski definition) is 0. The summed E-state index contributed by atoms with van der Waals surface area (Å²) in [5.41, 5.74) is -0.397. The molecule has 0 aliphatic heterocycles. The van der Waals surface area contributed by atoms with Crippen molar-refractivity contribution in [1.82, 2.24) is 0 Å². The molecule has 0 fully saturated rings. The average Bonchev–Trinajstić information content (AvgIpc) is 1.80. The topological polar surface area (TPSA) is 17.1 Å². The summed E-state index contributed by atoms with van der Waals surface area (Å²) in [6.45, 7) is 6.82. The second-order valence-electron chi connectivity index (χ2n) is 3.65. The molecule has 0 spiro atoms. The Morgan fingerprint density at radius 1 is 1.45 bits per heavy atom. The number of carbonyl (C=O) groups is 1. The molecule has 0 saturated heterocycles. The van der Waals surface area contributed by atoms with Crippen LogP contribution in [0.25, 0.3) is 0 Å². The van der Waals surface area contributed by atoms with E-state index in [0.29, 0.717) is 0 Å². The van der Waals surface area contributed by atoms with Gasteiger partial charge in [-0.3, -0.25) is 4.79 Å². The Kier molecular flexibility index (Phi) is 3.43. The van der Waals surface area contributed by atoms with Crippen molar-refractivity contribution >= 4 is 5.78 Å². The normalized spacial score (nSPS) is 15.4. The number of ketones is 1. The minimum absolute atomic E-state index is 0.0398. The summed E-state index contributed by atoms with van der Waals surface area (Å²) in [7, 11) is 0. The van der Waals surface area contributed by atoms with Gasteiger partial charge in [-0.1, -0.05) is 20.8 Å². The Hall–Kier alpha value is -0.660. The Bertz CT molecular complexity index is 163. The van der Waals surface area contributed by atoms with Crippen LogP contribution in [-0.4, -0.2) is 12.0 Å². The summed E-state index contributed by atoms with van der Waals surface area (Å²) in [5.74, 6) is -0.0398. The van der Waals surface area contributed by atoms with Gasteiger partial charge in [-0.2, -0.15) is 0 Å². The molecule has 1 nitrogen and oxygen atoms in total. The maximum Gasteiger partial charge on any atom is 0.160 e. The minimum Gasteiger partial charge on any atom is -0.294 e. The Balaban J connectivity index is 4.09. The number of alkyl halides is 1. The van der Waals surface area contributed by atoms with E-state index in [0.717, 1.165) is 0 Å². The highest BCUT2D eigenvalue weighted by atomic mass is 19.1. The van der Waals surface area contributed by atoms with Crippen molar-refractivity contribution in [2.45, 2.75) is 33.9 Å². The fourth-order valence-electron chi connectivity index (χ4n) is 0.470. The Labute approximate surface area is 67.3 Å². The van der Waals surface area contributed by atoms with Gasteiger partial charge in [0.05, 0.1) is 0 Å². The second-order valence-corrected chi connectivity index (χ2v) is 3.65. The molecule has 0 aromatic heterocycles. The zero-order chi connectivity index (χ0) is 9.07. The highest BCUT2D eigenvalue weighted by molar-refractivity contribution is 5.93. The molecule has 0 radical (unpaired) electrons. The van der Waals surface area contributed by atoms with Gasteiger partial charge in [0.15, 0.2) is 5.78 Å². The van der Waals surface area contributed by atoms with E-state index < -0.39 is 11.6 Å². The summed E-state index contributed by atoms with van der Waals surface area (Å²) in [5, 5.41) is 0. The van der Waals surface area contributed by atoms with Gasteiger partial charge < -0.3 is 0 Å². The van der Waals surface area contributed by atoms with E-state index in [1.165, 1.54) is 19.1 Å². The van der Waals surface area contributed by atoms with Gasteiger partial charge >= 0.3 is 0 Å². The van der Waals surface area contributed by atoms with Crippen LogP contribution >= 0.6 is 0 Å². The first-order valence-electron chi connectivity index (χ1n) is 3.71. The van der Waals surface area contributed by atoms with Crippen LogP contribution in [0.2, 0.25) is 0 Å². The molecule has 0 rings (SSSR count). The zero-order valence-corrected chi connectivity index (χ0v) is 7.52. The molecule has 0 aromatic rings. The van der Waals surface area contributed by atoms with Crippen LogP contribution < -0.4 is 0 Å². The first kappa shape index (κ1) is 10.3. The third-order valence-corrected chi connectivity index (χ3v) is 1.25. The molecular weight excluding hydrogens is 143 g/mol. The second kappa shape index (κ2) is 3.65. The summed E-state index contributed by atoms with van der Waals surface area (Å²) in [4.78, 5) is 11.1. The third kappa shape index (κ3) is 4.71. The molecule has 11 heavy (non-hydrogen) atoms. The quantitative estimate of drug-likeness (QED) is 0.564. The van der Waals surface area contributed by atoms with Gasteiger partial charge in [-0.05, 0) is 19.1 Å². The van der Waals surface area contributed by atoms with E-state index in [-0.39, 0.29) is 5.78 Å². The van der Waals surface area contributed by atoms with Crippen LogP contribution in [0.5, 0.6) is 0 Å². The fourth-order valence-corrected chi connectivity index (χ4v) is 0.470. The van der Waals surface area contributed by atoms with Crippen molar-refractivity contribution in [3.05, 3.63) is 12.2 Å². The SMILES string of the molecule is CC(F)/C=C/C(=O)C(C)(C)C. The van der Waals surface area contributed by atoms with Gasteiger partial charge in [0.2, 0.25) is 0 Å². The van der Waals surface area contributed by atoms with Crippen molar-refractivity contribution in [2.75, 3.05) is 0 Å². The van der Waals surface area contributed by atoms with Gasteiger partial charge in [0, 0.05) is 5.41 Å². The van der Waals surface area contributed by atoms with Gasteiger partial charge in [0.1, 0.15) is 6.17 Å². The number of hydrogen-bond acceptors (Lipinski definition) is 1. The van der Waals surface area contributed by atoms with E-state index in [4.69, 9.17) is 0 Å². The summed E-state index contributed by atoms with van der Waals surface area (Å²) < 4.78 is 12.2. The fraction of sp³-hybridized carbons (Fsp3) is 0.667. The predicted molar refractivity (Wildman–Crippen MR) is 44.2 cm³/mol. The van der Waals surface area contributed by atoms with Gasteiger partial charge in [-0.15, -0.1) is 0 Å². The largest absolute Gasteiger partial charge is 0.294 e. The highest BCUT2D eigenvalue weighted by Gasteiger charge is 2.17. The van der Waals surface area contributed by atoms with Crippen LogP contribution in [0, 0.1) is 5.41 Å². The zero-order valence-electron chi connectivity index (χ0n) is 7.52. The van der Waals surface area contributed by atoms with Crippen molar-refractivity contribution in [2.24, 2.45) is 5.41 Å². The molecule has 1 atom stereocenters. The van der Waals surface area contributed by atoms with Crippen LogP contribution in [0.3, 0.4) is 0 Å². The molecule has 0 aliphatic carbocycles. The van der Waals surface area contributed by atoms with Crippen LogP contribution in [0.1, 0.15) is 27.7 Å². The van der Waals surface area contributed by atoms with Crippen molar-refractivity contribution in [1.29, 1.82) is 0 Å². The first-order chi connectivity index (χ1) is 4.84. The van der Waals surface area contributed by atoms with Gasteiger partial charge in [-0.25, -0.2) is 4.39 Å². The lowest BCUT2D eigenvalue weighted by atomic mass is 9.90. The number of carbonyl (C=O) groups excluding carboxylic acids is 1. The monoisotopic (exact) mass is 158 g/mol. The predicted octanol–water partition coefficient (Wildman–Crippen LogP) is 2.52. The molecule has 0 aliphatic rings. The molecule has 0 N–H and O–H groups in total. The van der Waals surface area contributed by atoms with E-state index in [1.807, 2.05) is 20.8 Å². The van der Waals surface area contributed by atoms with Crippen LogP contribution in [-0.2, 0) is 4.79 Å². The van der Waals surface area contributed by atoms with Crippen LogP contribution in [0.15, 0.2) is 12.2 Å². The molecule has 1 unspecified atom stereocenters. The van der Waals surface area contributed by atoms with Gasteiger partial charge in [0.25, 0.3) is 0 Å². The molecule has 0 aromatic carbocycles. The van der Waals surface area contributed by atoms with Crippen LogP contribution in [0.4, 0.5) is 4.39 Å². The van der Waals surface area contributed by atoms with E-state index in [1.54, 1.807) is 0 Å². The minimum atomic E-state index is -1.04. The van der Waals surface area contributed by atoms with Crippen molar-refractivity contribution in [3.8, 4) is 0 Å². The third-order valence-electron chi connectivity index (χ3n) is 1.25. The Morgan fingerprint density at radius 3 is 2.18 bits per heavy atom. The van der Waals surface area contributed by atoms with E-state index in [2.05, 4.69) is 0 Å². The molecule has 0 saturated carbocycles. The summed E-state index contributed by atoms with van der Waals surface area (Å²) in [6, 6.07) is 0. The molecule has 0 amide bonds. The standard InChI is InChI=1S/C9H15FO/c1-7(10)5-6-8(11)9(2,3)4/h5-7H,1-4H3/b6-5+. The van der Waals surface area contributed by atoms with E-state index in [9.17, 15) is 9.18 Å². The number of allylic oxidation sites excluding steroid dienone is 2. The van der Waals surface area contributed by atoms with Crippen molar-refractivity contribution in [3.63, 3.8) is 0 Å². The summed E-state index contributed by atoms with van der Waals surface area (Å²) in [6.07, 6.45) is 1.54. The molecule has 2 heteroatoms. The van der Waals surface area contributed by atoms with Crippen molar-refractivity contribution < 1.29 is 9.18 Å². The number of halogens is 1.